The average Bonchev–Trinajstić information content (AvgIpc) is 2.99. The average molecular weight is 357 g/mol. The summed E-state index contributed by atoms with van der Waals surface area (Å²) >= 11 is 0. The van der Waals surface area contributed by atoms with Crippen LogP contribution in [0.5, 0.6) is 11.5 Å². The second kappa shape index (κ2) is 7.76. The third-order valence-electron chi connectivity index (χ3n) is 4.43. The van der Waals surface area contributed by atoms with Gasteiger partial charge >= 0.3 is 0 Å². The molecule has 1 aliphatic heterocycles. The lowest BCUT2D eigenvalue weighted by atomic mass is 9.82. The molecule has 1 atom stereocenters. The number of carbonyl (C=O) groups excluding carboxylic acids is 1. The van der Waals surface area contributed by atoms with Crippen LogP contribution in [0.3, 0.4) is 0 Å². The Balaban J connectivity index is 1.84. The number of nitrogens with one attached hydrogen (secondary N) is 1. The number of hydrogen-bond acceptors (Lipinski definition) is 5. The van der Waals surface area contributed by atoms with Crippen molar-refractivity contribution in [2.75, 3.05) is 27.4 Å². The molecular weight excluding hydrogens is 334 g/mol. The second-order valence-electron chi connectivity index (χ2n) is 6.51. The van der Waals surface area contributed by atoms with Crippen molar-refractivity contribution in [2.24, 2.45) is 0 Å². The Morgan fingerprint density at radius 2 is 2.00 bits per heavy atom. The van der Waals surface area contributed by atoms with Crippen molar-refractivity contribution >= 4 is 5.91 Å². The summed E-state index contributed by atoms with van der Waals surface area (Å²) in [5.41, 5.74) is 4.29. The lowest BCUT2D eigenvalue weighted by Gasteiger charge is -2.24. The standard InChI is InChI=1S/C20H23NO5/c1-20(12-25-11-14-7-5-4-6-8-14)13-26-17-10-15(23-2)9-16(18(17)20)19(22)21-24-3/h4-10H,11-13H2,1-3H3,(H,21,22)/t20-/m1/s1. The fourth-order valence-electron chi connectivity index (χ4n) is 3.16. The van der Waals surface area contributed by atoms with Crippen LogP contribution in [-0.2, 0) is 21.6 Å². The maximum absolute atomic E-state index is 12.5. The number of hydrogen-bond donors (Lipinski definition) is 1. The van der Waals surface area contributed by atoms with Gasteiger partial charge < -0.3 is 14.2 Å². The lowest BCUT2D eigenvalue weighted by molar-refractivity contribution is 0.0525. The van der Waals surface area contributed by atoms with E-state index in [-0.39, 0.29) is 5.91 Å². The van der Waals surface area contributed by atoms with Crippen LogP contribution >= 0.6 is 0 Å². The second-order valence-corrected chi connectivity index (χ2v) is 6.51. The molecule has 138 valence electrons. The third kappa shape index (κ3) is 3.66. The molecule has 1 heterocycles. The molecule has 0 aromatic heterocycles. The van der Waals surface area contributed by atoms with Crippen LogP contribution in [0, 0.1) is 0 Å². The topological polar surface area (TPSA) is 66.0 Å². The highest BCUT2D eigenvalue weighted by atomic mass is 16.6. The highest BCUT2D eigenvalue weighted by Gasteiger charge is 2.41. The van der Waals surface area contributed by atoms with Gasteiger partial charge in [-0.1, -0.05) is 30.3 Å². The number of hydroxylamine groups is 1. The SMILES string of the molecule is CONC(=O)c1cc(OC)cc2c1[C@](C)(COCc1ccccc1)CO2. The molecule has 2 aromatic carbocycles. The molecule has 0 unspecified atom stereocenters. The summed E-state index contributed by atoms with van der Waals surface area (Å²) in [5.74, 6) is 0.846. The zero-order valence-electron chi connectivity index (χ0n) is 15.2. The molecule has 0 saturated heterocycles. The van der Waals surface area contributed by atoms with E-state index < -0.39 is 5.41 Å². The van der Waals surface area contributed by atoms with Crippen molar-refractivity contribution in [1.82, 2.24) is 5.48 Å². The van der Waals surface area contributed by atoms with Crippen molar-refractivity contribution in [3.8, 4) is 11.5 Å². The summed E-state index contributed by atoms with van der Waals surface area (Å²) in [7, 11) is 2.95. The normalized spacial score (nSPS) is 18.1. The van der Waals surface area contributed by atoms with Crippen LogP contribution < -0.4 is 15.0 Å². The van der Waals surface area contributed by atoms with Gasteiger partial charge in [-0.15, -0.1) is 0 Å². The quantitative estimate of drug-likeness (QED) is 0.772. The molecule has 1 aliphatic rings. The first-order valence-electron chi connectivity index (χ1n) is 8.38. The largest absolute Gasteiger partial charge is 0.497 e. The van der Waals surface area contributed by atoms with Gasteiger partial charge in [0.1, 0.15) is 11.5 Å². The Labute approximate surface area is 153 Å². The van der Waals surface area contributed by atoms with Crippen molar-refractivity contribution in [2.45, 2.75) is 18.9 Å². The fourth-order valence-corrected chi connectivity index (χ4v) is 3.16. The molecule has 6 heteroatoms. The summed E-state index contributed by atoms with van der Waals surface area (Å²) in [6.45, 7) is 3.38. The van der Waals surface area contributed by atoms with Crippen LogP contribution in [0.1, 0.15) is 28.4 Å². The maximum atomic E-state index is 12.5. The number of benzene rings is 2. The maximum Gasteiger partial charge on any atom is 0.275 e. The van der Waals surface area contributed by atoms with E-state index in [1.54, 1.807) is 19.2 Å². The van der Waals surface area contributed by atoms with Gasteiger partial charge in [0.15, 0.2) is 0 Å². The fraction of sp³-hybridized carbons (Fsp3) is 0.350. The Morgan fingerprint density at radius 1 is 1.23 bits per heavy atom. The van der Waals surface area contributed by atoms with Crippen LogP contribution in [0.15, 0.2) is 42.5 Å². The molecule has 0 aliphatic carbocycles. The van der Waals surface area contributed by atoms with Crippen molar-refractivity contribution in [1.29, 1.82) is 0 Å². The molecular formula is C20H23NO5. The van der Waals surface area contributed by atoms with E-state index in [1.165, 1.54) is 7.11 Å². The molecule has 0 radical (unpaired) electrons. The van der Waals surface area contributed by atoms with E-state index in [0.29, 0.717) is 36.9 Å². The monoisotopic (exact) mass is 357 g/mol. The minimum absolute atomic E-state index is 0.345. The number of amides is 1. The number of rotatable bonds is 7. The molecule has 0 saturated carbocycles. The van der Waals surface area contributed by atoms with E-state index in [2.05, 4.69) is 5.48 Å². The van der Waals surface area contributed by atoms with E-state index >= 15 is 0 Å². The van der Waals surface area contributed by atoms with Gasteiger partial charge in [0, 0.05) is 11.6 Å². The van der Waals surface area contributed by atoms with Crippen LogP contribution in [0.25, 0.3) is 0 Å². The van der Waals surface area contributed by atoms with Crippen LogP contribution in [0.2, 0.25) is 0 Å². The number of fused-ring (bicyclic) bond motifs is 1. The summed E-state index contributed by atoms with van der Waals surface area (Å²) in [4.78, 5) is 17.3. The third-order valence-corrected chi connectivity index (χ3v) is 4.43. The molecule has 1 N–H and O–H groups in total. The highest BCUT2D eigenvalue weighted by Crippen LogP contribution is 2.43. The molecule has 0 bridgehead atoms. The van der Waals surface area contributed by atoms with Crippen molar-refractivity contribution in [3.05, 3.63) is 59.2 Å². The van der Waals surface area contributed by atoms with Gasteiger partial charge in [0.25, 0.3) is 5.91 Å². The Hall–Kier alpha value is -2.57. The predicted octanol–water partition coefficient (Wildman–Crippen LogP) is 2.85. The van der Waals surface area contributed by atoms with Crippen LogP contribution in [-0.4, -0.2) is 33.3 Å². The predicted molar refractivity (Wildman–Crippen MR) is 96.4 cm³/mol. The zero-order valence-corrected chi connectivity index (χ0v) is 15.2. The zero-order chi connectivity index (χ0) is 18.6. The Kier molecular flexibility index (Phi) is 5.44. The first kappa shape index (κ1) is 18.2. The smallest absolute Gasteiger partial charge is 0.275 e. The Morgan fingerprint density at radius 3 is 2.69 bits per heavy atom. The van der Waals surface area contributed by atoms with Gasteiger partial charge in [0.05, 0.1) is 45.0 Å². The molecule has 3 rings (SSSR count). The summed E-state index contributed by atoms with van der Waals surface area (Å²) in [5, 5.41) is 0. The van der Waals surface area contributed by atoms with Gasteiger partial charge in [0.2, 0.25) is 0 Å². The molecule has 1 amide bonds. The van der Waals surface area contributed by atoms with Crippen molar-refractivity contribution < 1.29 is 23.8 Å². The van der Waals surface area contributed by atoms with Gasteiger partial charge in [-0.2, -0.15) is 0 Å². The first-order chi connectivity index (χ1) is 12.6. The summed E-state index contributed by atoms with van der Waals surface area (Å²) < 4.78 is 17.1. The Bertz CT molecular complexity index is 777. The van der Waals surface area contributed by atoms with E-state index in [0.717, 1.165) is 11.1 Å². The summed E-state index contributed by atoms with van der Waals surface area (Å²) in [6.07, 6.45) is 0. The van der Waals surface area contributed by atoms with E-state index in [1.807, 2.05) is 37.3 Å². The number of methoxy groups -OCH3 is 1. The van der Waals surface area contributed by atoms with Gasteiger partial charge in [-0.25, -0.2) is 5.48 Å². The van der Waals surface area contributed by atoms with E-state index in [4.69, 9.17) is 19.0 Å². The molecule has 0 spiro atoms. The van der Waals surface area contributed by atoms with E-state index in [9.17, 15) is 4.79 Å². The van der Waals surface area contributed by atoms with Gasteiger partial charge in [-0.3, -0.25) is 9.63 Å². The molecule has 0 fully saturated rings. The minimum atomic E-state index is -0.448. The molecule has 26 heavy (non-hydrogen) atoms. The first-order valence-corrected chi connectivity index (χ1v) is 8.38. The summed E-state index contributed by atoms with van der Waals surface area (Å²) in [6, 6.07) is 13.5. The van der Waals surface area contributed by atoms with Crippen molar-refractivity contribution in [3.63, 3.8) is 0 Å². The van der Waals surface area contributed by atoms with Gasteiger partial charge in [-0.05, 0) is 18.6 Å². The number of ether oxygens (including phenoxy) is 3. The number of carbonyl (C=O) groups is 1. The minimum Gasteiger partial charge on any atom is -0.497 e. The lowest BCUT2D eigenvalue weighted by Crippen LogP contribution is -2.33. The molecule has 6 nitrogen and oxygen atoms in total. The molecule has 2 aromatic rings. The highest BCUT2D eigenvalue weighted by molar-refractivity contribution is 5.97. The van der Waals surface area contributed by atoms with Crippen LogP contribution in [0.4, 0.5) is 0 Å².